The Morgan fingerprint density at radius 2 is 1.87 bits per heavy atom. The summed E-state index contributed by atoms with van der Waals surface area (Å²) in [4.78, 5) is 23.9. The summed E-state index contributed by atoms with van der Waals surface area (Å²) in [6.07, 6.45) is 0. The molecule has 0 unspecified atom stereocenters. The van der Waals surface area contributed by atoms with E-state index in [4.69, 9.17) is 16.8 Å². The molecule has 0 aliphatic rings. The van der Waals surface area contributed by atoms with E-state index in [-0.39, 0.29) is 27.7 Å². The van der Waals surface area contributed by atoms with Gasteiger partial charge >= 0.3 is 5.97 Å². The van der Waals surface area contributed by atoms with Gasteiger partial charge in [0.2, 0.25) is 0 Å². The molecule has 0 aliphatic heterocycles. The SMILES string of the molecule is COC(=O)c1cc(Cl)ccc1NC(=O)c1ccc(N([O-])O)cc1. The van der Waals surface area contributed by atoms with E-state index < -0.39 is 11.9 Å². The minimum Gasteiger partial charge on any atom is -0.733 e. The van der Waals surface area contributed by atoms with Gasteiger partial charge in [0.1, 0.15) is 0 Å². The van der Waals surface area contributed by atoms with E-state index in [1.54, 1.807) is 0 Å². The van der Waals surface area contributed by atoms with Gasteiger partial charge in [0.25, 0.3) is 5.91 Å². The minimum absolute atomic E-state index is 0.0108. The van der Waals surface area contributed by atoms with Crippen LogP contribution in [0.25, 0.3) is 0 Å². The number of ether oxygens (including phenoxy) is 1. The number of amides is 1. The van der Waals surface area contributed by atoms with Gasteiger partial charge in [-0.25, -0.2) is 4.79 Å². The Kier molecular flexibility index (Phi) is 5.17. The van der Waals surface area contributed by atoms with Crippen molar-refractivity contribution in [1.82, 2.24) is 0 Å². The summed E-state index contributed by atoms with van der Waals surface area (Å²) in [5, 5.41) is 22.0. The van der Waals surface area contributed by atoms with Crippen molar-refractivity contribution in [2.75, 3.05) is 17.7 Å². The second-order valence-corrected chi connectivity index (χ2v) is 4.89. The third-order valence-corrected chi connectivity index (χ3v) is 3.22. The summed E-state index contributed by atoms with van der Waals surface area (Å²) < 4.78 is 4.64. The second kappa shape index (κ2) is 7.10. The average molecular weight is 336 g/mol. The zero-order valence-electron chi connectivity index (χ0n) is 11.9. The fraction of sp³-hybridized carbons (Fsp3) is 0.0667. The Bertz CT molecular complexity index is 731. The molecule has 2 aromatic rings. The fourth-order valence-corrected chi connectivity index (χ4v) is 2.01. The number of carbonyl (C=O) groups is 2. The van der Waals surface area contributed by atoms with Crippen LogP contribution in [0.4, 0.5) is 11.4 Å². The van der Waals surface area contributed by atoms with Gasteiger partial charge in [-0.05, 0) is 42.5 Å². The topological polar surface area (TPSA) is 102 Å². The molecular weight excluding hydrogens is 324 g/mol. The molecule has 0 atom stereocenters. The van der Waals surface area contributed by atoms with E-state index in [0.717, 1.165) is 0 Å². The van der Waals surface area contributed by atoms with Gasteiger partial charge in [-0.3, -0.25) is 10.0 Å². The summed E-state index contributed by atoms with van der Waals surface area (Å²) in [6, 6.07) is 9.67. The molecule has 0 radical (unpaired) electrons. The highest BCUT2D eigenvalue weighted by molar-refractivity contribution is 6.31. The highest BCUT2D eigenvalue weighted by Gasteiger charge is 2.15. The zero-order chi connectivity index (χ0) is 17.0. The Hall–Kier alpha value is -2.61. The third kappa shape index (κ3) is 3.98. The van der Waals surface area contributed by atoms with Crippen LogP contribution in [0.2, 0.25) is 5.02 Å². The van der Waals surface area contributed by atoms with Crippen LogP contribution in [-0.4, -0.2) is 24.2 Å². The highest BCUT2D eigenvalue weighted by Crippen LogP contribution is 2.22. The van der Waals surface area contributed by atoms with Crippen molar-refractivity contribution >= 4 is 34.9 Å². The molecule has 0 bridgehead atoms. The predicted molar refractivity (Wildman–Crippen MR) is 84.8 cm³/mol. The van der Waals surface area contributed by atoms with Crippen molar-refractivity contribution in [1.29, 1.82) is 0 Å². The number of rotatable bonds is 4. The number of hydrogen-bond acceptors (Lipinski definition) is 6. The Balaban J connectivity index is 2.24. The van der Waals surface area contributed by atoms with Gasteiger partial charge in [-0.2, -0.15) is 0 Å². The summed E-state index contributed by atoms with van der Waals surface area (Å²) in [7, 11) is 1.22. The Morgan fingerprint density at radius 1 is 1.22 bits per heavy atom. The molecule has 0 spiro atoms. The fourth-order valence-electron chi connectivity index (χ4n) is 1.84. The van der Waals surface area contributed by atoms with E-state index in [0.29, 0.717) is 5.02 Å². The number of carbonyl (C=O) groups excluding carboxylic acids is 2. The first-order valence-corrected chi connectivity index (χ1v) is 6.75. The largest absolute Gasteiger partial charge is 0.733 e. The van der Waals surface area contributed by atoms with Crippen molar-refractivity contribution in [3.8, 4) is 0 Å². The van der Waals surface area contributed by atoms with Crippen LogP contribution in [0, 0.1) is 5.21 Å². The molecule has 1 amide bonds. The molecule has 7 nitrogen and oxygen atoms in total. The van der Waals surface area contributed by atoms with Crippen LogP contribution >= 0.6 is 11.6 Å². The van der Waals surface area contributed by atoms with Gasteiger partial charge in [0.05, 0.1) is 24.0 Å². The molecule has 0 saturated heterocycles. The van der Waals surface area contributed by atoms with E-state index in [9.17, 15) is 14.8 Å². The maximum atomic E-state index is 12.2. The van der Waals surface area contributed by atoms with Crippen molar-refractivity contribution in [3.05, 3.63) is 63.8 Å². The smallest absolute Gasteiger partial charge is 0.340 e. The summed E-state index contributed by atoms with van der Waals surface area (Å²) in [6.45, 7) is 0. The number of esters is 1. The molecule has 0 saturated carbocycles. The quantitative estimate of drug-likeness (QED) is 0.657. The van der Waals surface area contributed by atoms with Crippen LogP contribution in [0.15, 0.2) is 42.5 Å². The molecule has 2 rings (SSSR count). The van der Waals surface area contributed by atoms with Crippen molar-refractivity contribution in [2.24, 2.45) is 0 Å². The van der Waals surface area contributed by atoms with Gasteiger partial charge < -0.3 is 20.5 Å². The van der Waals surface area contributed by atoms with Crippen molar-refractivity contribution < 1.29 is 19.5 Å². The number of nitrogens with one attached hydrogen (secondary N) is 1. The van der Waals surface area contributed by atoms with Crippen LogP contribution in [0.3, 0.4) is 0 Å². The molecule has 2 N–H and O–H groups in total. The number of nitrogens with zero attached hydrogens (tertiary/aromatic N) is 1. The molecule has 0 fully saturated rings. The van der Waals surface area contributed by atoms with Gasteiger partial charge in [0.15, 0.2) is 0 Å². The van der Waals surface area contributed by atoms with Crippen LogP contribution < -0.4 is 10.5 Å². The molecule has 23 heavy (non-hydrogen) atoms. The zero-order valence-corrected chi connectivity index (χ0v) is 12.7. The van der Waals surface area contributed by atoms with E-state index >= 15 is 0 Å². The first-order valence-electron chi connectivity index (χ1n) is 6.38. The summed E-state index contributed by atoms with van der Waals surface area (Å²) in [5.74, 6) is -1.14. The maximum Gasteiger partial charge on any atom is 0.340 e. The number of hydrogen-bond donors (Lipinski definition) is 2. The lowest BCUT2D eigenvalue weighted by molar-refractivity contribution is 0.0602. The van der Waals surface area contributed by atoms with Crippen LogP contribution in [0.5, 0.6) is 0 Å². The van der Waals surface area contributed by atoms with Gasteiger partial charge in [0, 0.05) is 10.6 Å². The van der Waals surface area contributed by atoms with Crippen molar-refractivity contribution in [2.45, 2.75) is 0 Å². The number of anilines is 2. The van der Waals surface area contributed by atoms with Crippen LogP contribution in [0.1, 0.15) is 20.7 Å². The molecule has 0 aliphatic carbocycles. The maximum absolute atomic E-state index is 12.2. The monoisotopic (exact) mass is 335 g/mol. The molecule has 0 heterocycles. The van der Waals surface area contributed by atoms with E-state index in [1.807, 2.05) is 0 Å². The first-order chi connectivity index (χ1) is 10.9. The average Bonchev–Trinajstić information content (AvgIpc) is 2.55. The number of methoxy groups -OCH3 is 1. The Labute approximate surface area is 136 Å². The Morgan fingerprint density at radius 3 is 2.43 bits per heavy atom. The standard InChI is InChI=1S/C15H12ClN2O5/c1-23-15(20)12-8-10(16)4-7-13(12)17-14(19)9-2-5-11(6-3-9)18(21)22/h2-8,21H,1H3,(H,17,19)/q-1. The second-order valence-electron chi connectivity index (χ2n) is 4.46. The van der Waals surface area contributed by atoms with Crippen molar-refractivity contribution in [3.63, 3.8) is 0 Å². The molecular formula is C15H12ClN2O5-. The molecule has 2 aromatic carbocycles. The minimum atomic E-state index is -0.638. The lowest BCUT2D eigenvalue weighted by Crippen LogP contribution is -2.15. The number of halogens is 1. The molecule has 0 aromatic heterocycles. The lowest BCUT2D eigenvalue weighted by Gasteiger charge is -2.21. The lowest BCUT2D eigenvalue weighted by atomic mass is 10.1. The normalized spacial score (nSPS) is 10.1. The first kappa shape index (κ1) is 16.8. The number of benzene rings is 2. The molecule has 8 heteroatoms. The summed E-state index contributed by atoms with van der Waals surface area (Å²) >= 11 is 5.84. The summed E-state index contributed by atoms with van der Waals surface area (Å²) in [5.41, 5.74) is 0.582. The molecule has 120 valence electrons. The van der Waals surface area contributed by atoms with Crippen LogP contribution in [-0.2, 0) is 4.74 Å². The van der Waals surface area contributed by atoms with E-state index in [2.05, 4.69) is 10.1 Å². The van der Waals surface area contributed by atoms with E-state index in [1.165, 1.54) is 49.6 Å². The third-order valence-electron chi connectivity index (χ3n) is 2.99. The van der Waals surface area contributed by atoms with Gasteiger partial charge in [-0.15, -0.1) is 0 Å². The predicted octanol–water partition coefficient (Wildman–Crippen LogP) is 3.07. The highest BCUT2D eigenvalue weighted by atomic mass is 35.5. The van der Waals surface area contributed by atoms with Gasteiger partial charge in [-0.1, -0.05) is 11.6 Å².